The minimum absolute atomic E-state index is 0.167. The third-order valence-corrected chi connectivity index (χ3v) is 3.48. The van der Waals surface area contributed by atoms with Crippen molar-refractivity contribution in [2.75, 3.05) is 39.8 Å². The van der Waals surface area contributed by atoms with Gasteiger partial charge in [0.05, 0.1) is 7.11 Å². The van der Waals surface area contributed by atoms with E-state index in [4.69, 9.17) is 10.5 Å². The summed E-state index contributed by atoms with van der Waals surface area (Å²) in [6.07, 6.45) is 0. The molecule has 0 radical (unpaired) electrons. The standard InChI is InChI=1S/C13H27N3O2/c1-12(2,14)10-15-6-8-16(9-7-15)13(3,4)11(17)18-5/h6-10,14H2,1-5H3. The smallest absolute Gasteiger partial charge is 0.325 e. The Bertz CT molecular complexity index is 289. The summed E-state index contributed by atoms with van der Waals surface area (Å²) in [6, 6.07) is 0. The lowest BCUT2D eigenvalue weighted by atomic mass is 10.0. The van der Waals surface area contributed by atoms with Crippen molar-refractivity contribution in [2.45, 2.75) is 38.8 Å². The Morgan fingerprint density at radius 1 is 1.17 bits per heavy atom. The van der Waals surface area contributed by atoms with E-state index in [0.29, 0.717) is 0 Å². The predicted octanol–water partition coefficient (Wildman–Crippen LogP) is 0.293. The highest BCUT2D eigenvalue weighted by molar-refractivity contribution is 5.79. The summed E-state index contributed by atoms with van der Waals surface area (Å²) < 4.78 is 4.86. The minimum Gasteiger partial charge on any atom is -0.468 e. The quantitative estimate of drug-likeness (QED) is 0.734. The van der Waals surface area contributed by atoms with Crippen molar-refractivity contribution in [1.82, 2.24) is 9.80 Å². The lowest BCUT2D eigenvalue weighted by Crippen LogP contribution is -2.60. The largest absolute Gasteiger partial charge is 0.468 e. The number of esters is 1. The van der Waals surface area contributed by atoms with E-state index in [1.165, 1.54) is 7.11 Å². The summed E-state index contributed by atoms with van der Waals surface area (Å²) in [7, 11) is 1.44. The number of carbonyl (C=O) groups excluding carboxylic acids is 1. The van der Waals surface area contributed by atoms with Gasteiger partial charge in [0.2, 0.25) is 0 Å². The van der Waals surface area contributed by atoms with Gasteiger partial charge < -0.3 is 10.5 Å². The molecule has 0 saturated carbocycles. The molecule has 0 aromatic rings. The number of nitrogens with zero attached hydrogens (tertiary/aromatic N) is 2. The van der Waals surface area contributed by atoms with Crippen LogP contribution in [0.5, 0.6) is 0 Å². The topological polar surface area (TPSA) is 58.8 Å². The average Bonchev–Trinajstić information content (AvgIpc) is 2.26. The zero-order valence-corrected chi connectivity index (χ0v) is 12.3. The third kappa shape index (κ3) is 3.93. The van der Waals surface area contributed by atoms with Gasteiger partial charge in [-0.2, -0.15) is 0 Å². The molecule has 0 unspecified atom stereocenters. The van der Waals surface area contributed by atoms with E-state index in [0.717, 1.165) is 32.7 Å². The van der Waals surface area contributed by atoms with Crippen molar-refractivity contribution < 1.29 is 9.53 Å². The van der Waals surface area contributed by atoms with E-state index in [2.05, 4.69) is 9.80 Å². The van der Waals surface area contributed by atoms with Crippen molar-refractivity contribution in [2.24, 2.45) is 5.73 Å². The summed E-state index contributed by atoms with van der Waals surface area (Å²) in [6.45, 7) is 12.4. The molecule has 1 aliphatic rings. The molecule has 0 aromatic heterocycles. The molecule has 5 heteroatoms. The van der Waals surface area contributed by atoms with Gasteiger partial charge in [-0.25, -0.2) is 0 Å². The molecule has 18 heavy (non-hydrogen) atoms. The highest BCUT2D eigenvalue weighted by Crippen LogP contribution is 2.19. The first-order valence-corrected chi connectivity index (χ1v) is 6.51. The predicted molar refractivity (Wildman–Crippen MR) is 72.4 cm³/mol. The Morgan fingerprint density at radius 2 is 1.67 bits per heavy atom. The molecule has 1 heterocycles. The van der Waals surface area contributed by atoms with Crippen molar-refractivity contribution in [3.63, 3.8) is 0 Å². The fraction of sp³-hybridized carbons (Fsp3) is 0.923. The molecular weight excluding hydrogens is 230 g/mol. The highest BCUT2D eigenvalue weighted by Gasteiger charge is 2.37. The van der Waals surface area contributed by atoms with Crippen LogP contribution in [0.15, 0.2) is 0 Å². The fourth-order valence-corrected chi connectivity index (χ4v) is 2.42. The van der Waals surface area contributed by atoms with Crippen LogP contribution < -0.4 is 5.73 Å². The lowest BCUT2D eigenvalue weighted by molar-refractivity contribution is -0.154. The van der Waals surface area contributed by atoms with Gasteiger partial charge in [-0.3, -0.25) is 14.6 Å². The van der Waals surface area contributed by atoms with Crippen LogP contribution in [0.2, 0.25) is 0 Å². The molecule has 0 amide bonds. The average molecular weight is 257 g/mol. The number of hydrogen-bond acceptors (Lipinski definition) is 5. The van der Waals surface area contributed by atoms with Crippen molar-refractivity contribution >= 4 is 5.97 Å². The number of ether oxygens (including phenoxy) is 1. The van der Waals surface area contributed by atoms with Gasteiger partial charge >= 0.3 is 5.97 Å². The zero-order chi connectivity index (χ0) is 14.0. The van der Waals surface area contributed by atoms with Crippen LogP contribution in [0.4, 0.5) is 0 Å². The van der Waals surface area contributed by atoms with Gasteiger partial charge in [-0.1, -0.05) is 0 Å². The molecule has 1 rings (SSSR count). The van der Waals surface area contributed by atoms with E-state index in [9.17, 15) is 4.79 Å². The molecule has 0 atom stereocenters. The molecule has 1 saturated heterocycles. The van der Waals surface area contributed by atoms with E-state index in [1.54, 1.807) is 0 Å². The molecular formula is C13H27N3O2. The van der Waals surface area contributed by atoms with Crippen molar-refractivity contribution in [3.8, 4) is 0 Å². The van der Waals surface area contributed by atoms with Crippen molar-refractivity contribution in [3.05, 3.63) is 0 Å². The zero-order valence-electron chi connectivity index (χ0n) is 12.3. The first kappa shape index (κ1) is 15.4. The highest BCUT2D eigenvalue weighted by atomic mass is 16.5. The Kier molecular flexibility index (Phi) is 4.75. The van der Waals surface area contributed by atoms with E-state index in [-0.39, 0.29) is 11.5 Å². The minimum atomic E-state index is -0.543. The number of rotatable bonds is 4. The Labute approximate surface area is 110 Å². The van der Waals surface area contributed by atoms with Gasteiger partial charge in [0.1, 0.15) is 5.54 Å². The Morgan fingerprint density at radius 3 is 2.06 bits per heavy atom. The molecule has 2 N–H and O–H groups in total. The van der Waals surface area contributed by atoms with E-state index >= 15 is 0 Å². The molecule has 0 aliphatic carbocycles. The van der Waals surface area contributed by atoms with Gasteiger partial charge in [0.15, 0.2) is 0 Å². The number of nitrogens with two attached hydrogens (primary N) is 1. The van der Waals surface area contributed by atoms with Crippen molar-refractivity contribution in [1.29, 1.82) is 0 Å². The summed E-state index contributed by atoms with van der Waals surface area (Å²) in [4.78, 5) is 16.3. The molecule has 1 fully saturated rings. The Hall–Kier alpha value is -0.650. The second kappa shape index (κ2) is 5.55. The van der Waals surface area contributed by atoms with Gasteiger partial charge in [-0.15, -0.1) is 0 Å². The lowest BCUT2D eigenvalue weighted by Gasteiger charge is -2.43. The van der Waals surface area contributed by atoms with Crippen LogP contribution in [-0.2, 0) is 9.53 Å². The van der Waals surface area contributed by atoms with Gasteiger partial charge in [0, 0.05) is 38.3 Å². The first-order valence-electron chi connectivity index (χ1n) is 6.51. The normalized spacial score (nSPS) is 19.9. The maximum Gasteiger partial charge on any atom is 0.325 e. The maximum atomic E-state index is 11.7. The van der Waals surface area contributed by atoms with Gasteiger partial charge in [-0.05, 0) is 27.7 Å². The number of carbonyl (C=O) groups is 1. The number of piperazine rings is 1. The van der Waals surface area contributed by atoms with Crippen LogP contribution in [0, 0.1) is 0 Å². The van der Waals surface area contributed by atoms with Crippen LogP contribution in [0.1, 0.15) is 27.7 Å². The van der Waals surface area contributed by atoms with E-state index in [1.807, 2.05) is 27.7 Å². The van der Waals surface area contributed by atoms with E-state index < -0.39 is 5.54 Å². The third-order valence-electron chi connectivity index (χ3n) is 3.48. The van der Waals surface area contributed by atoms with Crippen LogP contribution in [-0.4, -0.2) is 66.7 Å². The number of hydrogen-bond donors (Lipinski definition) is 1. The Balaban J connectivity index is 2.51. The maximum absolute atomic E-state index is 11.7. The first-order chi connectivity index (χ1) is 8.16. The molecule has 0 aromatic carbocycles. The SMILES string of the molecule is COC(=O)C(C)(C)N1CCN(CC(C)(C)N)CC1. The molecule has 5 nitrogen and oxygen atoms in total. The second-order valence-corrected chi connectivity index (χ2v) is 6.30. The molecule has 1 aliphatic heterocycles. The number of methoxy groups -OCH3 is 1. The van der Waals surface area contributed by atoms with Crippen LogP contribution >= 0.6 is 0 Å². The summed E-state index contributed by atoms with van der Waals surface area (Å²) in [5, 5.41) is 0. The van der Waals surface area contributed by atoms with Crippen LogP contribution in [0.25, 0.3) is 0 Å². The van der Waals surface area contributed by atoms with Gasteiger partial charge in [0.25, 0.3) is 0 Å². The summed E-state index contributed by atoms with van der Waals surface area (Å²) in [5.74, 6) is -0.171. The van der Waals surface area contributed by atoms with Crippen LogP contribution in [0.3, 0.4) is 0 Å². The summed E-state index contributed by atoms with van der Waals surface area (Å²) >= 11 is 0. The second-order valence-electron chi connectivity index (χ2n) is 6.30. The molecule has 106 valence electrons. The monoisotopic (exact) mass is 257 g/mol. The summed E-state index contributed by atoms with van der Waals surface area (Å²) in [5.41, 5.74) is 5.32. The molecule has 0 bridgehead atoms. The fourth-order valence-electron chi connectivity index (χ4n) is 2.42. The molecule has 0 spiro atoms.